The van der Waals surface area contributed by atoms with Crippen LogP contribution in [0.3, 0.4) is 0 Å². The molecule has 74 heavy (non-hydrogen) atoms. The van der Waals surface area contributed by atoms with Gasteiger partial charge in [0.1, 0.15) is 0 Å². The van der Waals surface area contributed by atoms with Crippen LogP contribution < -0.4 is 51.4 Å². The number of amides is 1. The summed E-state index contributed by atoms with van der Waals surface area (Å²) in [4.78, 5) is 21.0. The topological polar surface area (TPSA) is 33.3 Å². The largest absolute Gasteiger partial charge is 0.377 e. The third-order valence-electron chi connectivity index (χ3n) is 13.7. The Balaban J connectivity index is 0.000000923. The number of hydrogen-bond acceptors (Lipinski definition) is 5. The number of carbonyl (C=O) groups excluding carboxylic acids is 1. The summed E-state index contributed by atoms with van der Waals surface area (Å²) in [7, 11) is 29.1. The van der Waals surface area contributed by atoms with Crippen LogP contribution in [0.4, 0.5) is 27.5 Å². The van der Waals surface area contributed by atoms with Crippen LogP contribution in [0.5, 0.6) is 0 Å². The van der Waals surface area contributed by atoms with Crippen molar-refractivity contribution in [2.75, 3.05) is 90.1 Å². The summed E-state index contributed by atoms with van der Waals surface area (Å²) in [6.45, 7) is 18.3. The van der Waals surface area contributed by atoms with E-state index in [2.05, 4.69) is 253 Å². The van der Waals surface area contributed by atoms with E-state index in [9.17, 15) is 4.79 Å². The van der Waals surface area contributed by atoms with Crippen LogP contribution in [0.1, 0.15) is 44.5 Å². The summed E-state index contributed by atoms with van der Waals surface area (Å²) < 4.78 is -0.141. The Kier molecular flexibility index (Phi) is 18.0. The van der Waals surface area contributed by atoms with Crippen molar-refractivity contribution in [2.45, 2.75) is 55.4 Å². The van der Waals surface area contributed by atoms with Gasteiger partial charge in [-0.2, -0.15) is 0 Å². The molecule has 0 spiro atoms. The van der Waals surface area contributed by atoms with Gasteiger partial charge in [0.25, 0.3) is 0 Å². The van der Waals surface area contributed by atoms with Crippen molar-refractivity contribution in [1.29, 1.82) is 0 Å². The first-order valence-electron chi connectivity index (χ1n) is 24.9. The normalized spacial score (nSPS) is 11.5. The van der Waals surface area contributed by atoms with E-state index >= 15 is 0 Å². The summed E-state index contributed by atoms with van der Waals surface area (Å²) in [6.07, 6.45) is 0. The molecule has 0 fully saturated rings. The molecular weight excluding hydrogens is 1080 g/mol. The first-order valence-corrected chi connectivity index (χ1v) is 33.0. The molecule has 0 bridgehead atoms. The molecule has 0 saturated heterocycles. The quantitative estimate of drug-likeness (QED) is 0.0899. The Morgan fingerprint density at radius 3 is 0.824 bits per heavy atom. The molecule has 8 rings (SSSR count). The average molecular weight is 1150 g/mol. The summed E-state index contributed by atoms with van der Waals surface area (Å²) >= 11 is -2.13. The molecule has 0 aliphatic rings. The van der Waals surface area contributed by atoms with Crippen molar-refractivity contribution in [3.63, 3.8) is 0 Å². The fraction of sp³-hybridized carbons (Fsp3) is 0.286. The van der Waals surface area contributed by atoms with Crippen LogP contribution in [-0.4, -0.2) is 79.9 Å². The van der Waals surface area contributed by atoms with Crippen LogP contribution >= 0.6 is 35.2 Å². The molecule has 8 aromatic carbocycles. The molecule has 0 heterocycles. The Hall–Kier alpha value is -4.99. The second-order valence-electron chi connectivity index (χ2n) is 20.6. The minimum Gasteiger partial charge on any atom is -0.377 e. The fourth-order valence-electron chi connectivity index (χ4n) is 11.5. The number of aryl methyl sites for hydroxylation is 8. The van der Waals surface area contributed by atoms with Crippen molar-refractivity contribution < 1.29 is 18.8 Å². The number of rotatable bonds is 12. The van der Waals surface area contributed by atoms with Crippen molar-refractivity contribution in [1.82, 2.24) is 4.90 Å². The van der Waals surface area contributed by atoms with Crippen LogP contribution in [0.2, 0.25) is 0 Å². The standard InChI is InChI=1S/C60H68N4P2.C3H6NO.2ClH.Ru/c1-37-29-47(30-38(2)57(37)61(9)10)65(48-31-39(3)58(62(11)12)40(4)32-48)53-27-25-45-21-17-19-23-51(45)55(53)56-52-24-20-18-22-46(52)26-28-54(56)66(49-33-41(5)59(63(13)14)42(6)34-49)50-35-43(7)60(64(15)16)44(8)36-50;1-4(2)3-5;;;/h17-36H,1-16H3;1-2H3;2*1H;/q;;;;+2/p-2. The molecule has 389 valence electrons. The predicted octanol–water partition coefficient (Wildman–Crippen LogP) is 13.5. The van der Waals surface area contributed by atoms with Crippen LogP contribution in [-0.2, 0) is 14.0 Å². The van der Waals surface area contributed by atoms with Crippen molar-refractivity contribution >= 4 is 116 Å². The van der Waals surface area contributed by atoms with E-state index in [4.69, 9.17) is 19.4 Å². The minimum absolute atomic E-state index is 0.141. The average Bonchev–Trinajstić information content (AvgIpc) is 3.30. The number of nitrogens with zero attached hydrogens (tertiary/aromatic N) is 5. The van der Waals surface area contributed by atoms with Gasteiger partial charge in [-0.25, -0.2) is 0 Å². The molecule has 1 amide bonds. The number of fused-ring (bicyclic) bond motifs is 2. The number of halogens is 2. The molecule has 6 nitrogen and oxygen atoms in total. The van der Waals surface area contributed by atoms with E-state index in [0.29, 0.717) is 0 Å². The molecule has 0 N–H and O–H groups in total. The first kappa shape index (κ1) is 56.7. The Bertz CT molecular complexity index is 2960. The number of anilines is 4. The van der Waals surface area contributed by atoms with Gasteiger partial charge >= 0.3 is 61.6 Å². The zero-order valence-electron chi connectivity index (χ0n) is 46.7. The molecule has 0 radical (unpaired) electrons. The number of carbonyl (C=O) groups is 1. The molecule has 11 heteroatoms. The van der Waals surface area contributed by atoms with Crippen LogP contribution in [0.15, 0.2) is 121 Å². The van der Waals surface area contributed by atoms with Gasteiger partial charge in [-0.3, -0.25) is 0 Å². The van der Waals surface area contributed by atoms with E-state index in [1.165, 1.54) is 137 Å². The third-order valence-corrected chi connectivity index (χ3v) is 21.2. The van der Waals surface area contributed by atoms with Gasteiger partial charge in [0.05, 0.1) is 0 Å². The monoisotopic (exact) mass is 1150 g/mol. The molecule has 0 atom stereocenters. The molecule has 0 saturated carbocycles. The van der Waals surface area contributed by atoms with E-state index in [-0.39, 0.29) is 4.50 Å². The number of hydrogen-bond donors (Lipinski definition) is 0. The molecular formula is C63H74Cl2N5OP2Ru. The van der Waals surface area contributed by atoms with Crippen LogP contribution in [0.25, 0.3) is 32.7 Å². The smallest absolute Gasteiger partial charge is 0.0420 e. The zero-order valence-corrected chi connectivity index (χ0v) is 51.7. The van der Waals surface area contributed by atoms with E-state index in [0.717, 1.165) is 0 Å². The Morgan fingerprint density at radius 1 is 0.378 bits per heavy atom. The minimum atomic E-state index is -2.13. The summed E-state index contributed by atoms with van der Waals surface area (Å²) in [5.74, 6) is 0. The van der Waals surface area contributed by atoms with Gasteiger partial charge in [-0.1, -0.05) is 72.8 Å². The third kappa shape index (κ3) is 11.5. The van der Waals surface area contributed by atoms with E-state index < -0.39 is 29.8 Å². The SMILES string of the molecule is CN(C)[C](=O)[Ru]([Cl])[Cl].Cc1cc(P(c2cc(C)c(N(C)C)c(C)c2)c2ccc3ccccc3c2-c2c(P(c3cc(C)c(N(C)C)c(C)c3)c3cc(C)c(N(C)C)c(C)c3)ccc3ccccc23)cc(C)c1N(C)C. The zero-order chi connectivity index (χ0) is 54.2. The maximum absolute atomic E-state index is 10.6. The molecule has 8 aromatic rings. The maximum Gasteiger partial charge on any atom is 0.0420 e. The number of benzene rings is 8. The van der Waals surface area contributed by atoms with Crippen molar-refractivity contribution in [3.05, 3.63) is 166 Å². The molecule has 0 unspecified atom stereocenters. The van der Waals surface area contributed by atoms with E-state index in [1.807, 2.05) is 0 Å². The fourth-order valence-corrected chi connectivity index (χ4v) is 19.1. The second-order valence-corrected chi connectivity index (χ2v) is 30.6. The van der Waals surface area contributed by atoms with Gasteiger partial charge in [0.2, 0.25) is 0 Å². The molecule has 0 aliphatic heterocycles. The predicted molar refractivity (Wildman–Crippen MR) is 330 cm³/mol. The van der Waals surface area contributed by atoms with Crippen molar-refractivity contribution in [2.24, 2.45) is 0 Å². The van der Waals surface area contributed by atoms with Gasteiger partial charge < -0.3 is 19.6 Å². The maximum atomic E-state index is 10.6. The Morgan fingerprint density at radius 2 is 0.622 bits per heavy atom. The second kappa shape index (κ2) is 23.5. The summed E-state index contributed by atoms with van der Waals surface area (Å²) in [6, 6.07) is 47.9. The first-order chi connectivity index (χ1) is 34.9. The van der Waals surface area contributed by atoms with Gasteiger partial charge in [0, 0.05) is 79.1 Å². The van der Waals surface area contributed by atoms with Gasteiger partial charge in [-0.15, -0.1) is 0 Å². The van der Waals surface area contributed by atoms with Gasteiger partial charge in [0.15, 0.2) is 0 Å². The molecule has 0 aromatic heterocycles. The Labute approximate surface area is 458 Å². The summed E-state index contributed by atoms with van der Waals surface area (Å²) in [5.41, 5.74) is 18.3. The molecule has 0 aliphatic carbocycles. The van der Waals surface area contributed by atoms with Crippen LogP contribution in [0, 0.1) is 55.4 Å². The van der Waals surface area contributed by atoms with Crippen molar-refractivity contribution in [3.8, 4) is 11.1 Å². The van der Waals surface area contributed by atoms with E-state index in [1.54, 1.807) is 14.1 Å². The van der Waals surface area contributed by atoms with Gasteiger partial charge in [-0.05, 0) is 229 Å². The summed E-state index contributed by atoms with van der Waals surface area (Å²) in [5, 5.41) is 13.3.